The molecule has 5 heteroatoms. The van der Waals surface area contributed by atoms with E-state index in [2.05, 4.69) is 5.43 Å². The molecule has 0 heterocycles. The standard InChI is InChI=1S/C15H15ClF2N2/c1-8-6-7-11(14(18)13(8)17)15(20-19)10-4-3-5-12(16)9(10)2/h3-7,15,20H,19H2,1-2H3. The normalized spacial score (nSPS) is 12.5. The number of halogens is 3. The summed E-state index contributed by atoms with van der Waals surface area (Å²) >= 11 is 6.06. The fraction of sp³-hybridized carbons (Fsp3) is 0.200. The van der Waals surface area contributed by atoms with E-state index < -0.39 is 17.7 Å². The highest BCUT2D eigenvalue weighted by atomic mass is 35.5. The van der Waals surface area contributed by atoms with E-state index in [0.29, 0.717) is 10.6 Å². The Morgan fingerprint density at radius 2 is 1.75 bits per heavy atom. The van der Waals surface area contributed by atoms with E-state index in [-0.39, 0.29) is 11.1 Å². The van der Waals surface area contributed by atoms with Crippen molar-refractivity contribution in [3.05, 3.63) is 69.2 Å². The summed E-state index contributed by atoms with van der Waals surface area (Å²) in [4.78, 5) is 0. The van der Waals surface area contributed by atoms with Crippen molar-refractivity contribution in [1.29, 1.82) is 0 Å². The van der Waals surface area contributed by atoms with Gasteiger partial charge in [-0.15, -0.1) is 0 Å². The summed E-state index contributed by atoms with van der Waals surface area (Å²) in [6.07, 6.45) is 0. The fourth-order valence-electron chi connectivity index (χ4n) is 2.17. The Morgan fingerprint density at radius 1 is 1.05 bits per heavy atom. The van der Waals surface area contributed by atoms with Gasteiger partial charge in [0.2, 0.25) is 0 Å². The molecule has 2 aromatic rings. The maximum absolute atomic E-state index is 14.1. The van der Waals surface area contributed by atoms with Gasteiger partial charge in [0.15, 0.2) is 11.6 Å². The average molecular weight is 297 g/mol. The predicted octanol–water partition coefficient (Wildman–Crippen LogP) is 3.79. The summed E-state index contributed by atoms with van der Waals surface area (Å²) in [5.74, 6) is 3.78. The smallest absolute Gasteiger partial charge is 0.164 e. The summed E-state index contributed by atoms with van der Waals surface area (Å²) in [5, 5.41) is 0.552. The number of nitrogens with two attached hydrogens (primary N) is 1. The molecule has 0 saturated carbocycles. The molecule has 0 fully saturated rings. The van der Waals surface area contributed by atoms with Crippen LogP contribution in [0.4, 0.5) is 8.78 Å². The number of rotatable bonds is 3. The van der Waals surface area contributed by atoms with Crippen LogP contribution in [0.5, 0.6) is 0 Å². The largest absolute Gasteiger partial charge is 0.271 e. The molecular formula is C15H15ClF2N2. The molecule has 2 nitrogen and oxygen atoms in total. The Kier molecular flexibility index (Phi) is 4.38. The van der Waals surface area contributed by atoms with Crippen LogP contribution >= 0.6 is 11.6 Å². The van der Waals surface area contributed by atoms with Crippen molar-refractivity contribution in [2.45, 2.75) is 19.9 Å². The zero-order valence-electron chi connectivity index (χ0n) is 11.2. The van der Waals surface area contributed by atoms with E-state index in [9.17, 15) is 8.78 Å². The van der Waals surface area contributed by atoms with Crippen molar-refractivity contribution in [1.82, 2.24) is 5.43 Å². The zero-order chi connectivity index (χ0) is 14.9. The Balaban J connectivity index is 2.59. The Morgan fingerprint density at radius 3 is 2.40 bits per heavy atom. The van der Waals surface area contributed by atoms with Gasteiger partial charge in [-0.1, -0.05) is 35.9 Å². The third kappa shape index (κ3) is 2.54. The molecule has 1 unspecified atom stereocenters. The first kappa shape index (κ1) is 14.9. The molecule has 106 valence electrons. The summed E-state index contributed by atoms with van der Waals surface area (Å²) in [6.45, 7) is 3.32. The minimum atomic E-state index is -0.896. The Labute approximate surface area is 121 Å². The van der Waals surface area contributed by atoms with Gasteiger partial charge < -0.3 is 0 Å². The van der Waals surface area contributed by atoms with Crippen molar-refractivity contribution in [2.75, 3.05) is 0 Å². The second kappa shape index (κ2) is 5.87. The molecule has 0 spiro atoms. The quantitative estimate of drug-likeness (QED) is 0.668. The first-order chi connectivity index (χ1) is 9.47. The maximum Gasteiger partial charge on any atom is 0.164 e. The molecule has 0 saturated heterocycles. The van der Waals surface area contributed by atoms with Crippen molar-refractivity contribution in [2.24, 2.45) is 5.84 Å². The lowest BCUT2D eigenvalue weighted by Gasteiger charge is -2.20. The number of aryl methyl sites for hydroxylation is 1. The Bertz CT molecular complexity index is 644. The molecule has 1 atom stereocenters. The van der Waals surface area contributed by atoms with Gasteiger partial charge in [-0.25, -0.2) is 14.2 Å². The number of benzene rings is 2. The van der Waals surface area contributed by atoms with E-state index in [1.54, 1.807) is 18.2 Å². The van der Waals surface area contributed by atoms with Gasteiger partial charge in [0.1, 0.15) is 0 Å². The number of hydrogen-bond donors (Lipinski definition) is 2. The maximum atomic E-state index is 14.1. The van der Waals surface area contributed by atoms with Crippen molar-refractivity contribution in [3.8, 4) is 0 Å². The van der Waals surface area contributed by atoms with E-state index in [0.717, 1.165) is 5.56 Å². The van der Waals surface area contributed by atoms with Crippen LogP contribution in [-0.4, -0.2) is 0 Å². The summed E-state index contributed by atoms with van der Waals surface area (Å²) < 4.78 is 27.8. The van der Waals surface area contributed by atoms with E-state index >= 15 is 0 Å². The lowest BCUT2D eigenvalue weighted by molar-refractivity contribution is 0.478. The second-order valence-corrected chi connectivity index (χ2v) is 5.06. The molecule has 0 aliphatic carbocycles. The minimum absolute atomic E-state index is 0.154. The second-order valence-electron chi connectivity index (χ2n) is 4.65. The molecule has 0 bridgehead atoms. The molecule has 2 aromatic carbocycles. The molecule has 0 aromatic heterocycles. The average Bonchev–Trinajstić information content (AvgIpc) is 2.44. The van der Waals surface area contributed by atoms with Crippen molar-refractivity contribution in [3.63, 3.8) is 0 Å². The summed E-state index contributed by atoms with van der Waals surface area (Å²) in [5.41, 5.74) is 4.42. The lowest BCUT2D eigenvalue weighted by atomic mass is 9.94. The first-order valence-electron chi connectivity index (χ1n) is 6.13. The predicted molar refractivity (Wildman–Crippen MR) is 76.5 cm³/mol. The summed E-state index contributed by atoms with van der Waals surface area (Å²) in [6, 6.07) is 7.65. The van der Waals surface area contributed by atoms with Crippen LogP contribution in [0, 0.1) is 25.5 Å². The third-order valence-corrected chi connectivity index (χ3v) is 3.81. The van der Waals surface area contributed by atoms with Crippen LogP contribution in [0.15, 0.2) is 30.3 Å². The van der Waals surface area contributed by atoms with Crippen LogP contribution in [0.2, 0.25) is 5.02 Å². The molecule has 0 radical (unpaired) electrons. The highest BCUT2D eigenvalue weighted by Crippen LogP contribution is 2.30. The van der Waals surface area contributed by atoms with Gasteiger partial charge >= 0.3 is 0 Å². The van der Waals surface area contributed by atoms with Crippen LogP contribution < -0.4 is 11.3 Å². The molecule has 20 heavy (non-hydrogen) atoms. The van der Waals surface area contributed by atoms with E-state index in [1.165, 1.54) is 19.1 Å². The van der Waals surface area contributed by atoms with Crippen LogP contribution in [-0.2, 0) is 0 Å². The van der Waals surface area contributed by atoms with Crippen LogP contribution in [0.3, 0.4) is 0 Å². The number of hydrogen-bond acceptors (Lipinski definition) is 2. The van der Waals surface area contributed by atoms with Crippen molar-refractivity contribution >= 4 is 11.6 Å². The Hall–Kier alpha value is -1.49. The molecule has 3 N–H and O–H groups in total. The van der Waals surface area contributed by atoms with Gasteiger partial charge in [-0.2, -0.15) is 0 Å². The molecule has 0 amide bonds. The third-order valence-electron chi connectivity index (χ3n) is 3.40. The van der Waals surface area contributed by atoms with Gasteiger partial charge in [-0.05, 0) is 36.6 Å². The van der Waals surface area contributed by atoms with Crippen LogP contribution in [0.25, 0.3) is 0 Å². The van der Waals surface area contributed by atoms with Gasteiger partial charge in [0, 0.05) is 10.6 Å². The molecular weight excluding hydrogens is 282 g/mol. The zero-order valence-corrected chi connectivity index (χ0v) is 11.9. The number of nitrogens with one attached hydrogen (secondary N) is 1. The molecule has 0 aliphatic rings. The first-order valence-corrected chi connectivity index (χ1v) is 6.50. The van der Waals surface area contributed by atoms with E-state index in [4.69, 9.17) is 17.4 Å². The van der Waals surface area contributed by atoms with Gasteiger partial charge in [0.25, 0.3) is 0 Å². The number of hydrazine groups is 1. The summed E-state index contributed by atoms with van der Waals surface area (Å²) in [7, 11) is 0. The monoisotopic (exact) mass is 296 g/mol. The van der Waals surface area contributed by atoms with Crippen LogP contribution in [0.1, 0.15) is 28.3 Å². The fourth-order valence-corrected chi connectivity index (χ4v) is 2.35. The van der Waals surface area contributed by atoms with Crippen molar-refractivity contribution < 1.29 is 8.78 Å². The highest BCUT2D eigenvalue weighted by molar-refractivity contribution is 6.31. The van der Waals surface area contributed by atoms with E-state index in [1.807, 2.05) is 6.92 Å². The van der Waals surface area contributed by atoms with Gasteiger partial charge in [-0.3, -0.25) is 5.84 Å². The SMILES string of the molecule is Cc1ccc(C(NN)c2cccc(Cl)c2C)c(F)c1F. The van der Waals surface area contributed by atoms with Gasteiger partial charge in [0.05, 0.1) is 6.04 Å². The lowest BCUT2D eigenvalue weighted by Crippen LogP contribution is -2.30. The topological polar surface area (TPSA) is 38.0 Å². The molecule has 2 rings (SSSR count). The molecule has 0 aliphatic heterocycles. The highest BCUT2D eigenvalue weighted by Gasteiger charge is 2.22. The minimum Gasteiger partial charge on any atom is -0.271 e.